The van der Waals surface area contributed by atoms with E-state index in [2.05, 4.69) is 15.9 Å². The highest BCUT2D eigenvalue weighted by atomic mass is 14.9. The lowest BCUT2D eigenvalue weighted by atomic mass is 9.87. The monoisotopic (exact) mass is 206 g/mol. The average molecular weight is 206 g/mol. The number of nitrogens with zero attached hydrogens (tertiary/aromatic N) is 2. The standard InChI is InChI=1S/C13H20N2.H2/c1-4-11(2)15-13(14-3)10-12-8-6-5-7-9-12;/h1,12H,5-10H2,2-3H3;1H. The summed E-state index contributed by atoms with van der Waals surface area (Å²) in [6.07, 6.45) is 13.0. The third-order valence-electron chi connectivity index (χ3n) is 2.96. The zero-order valence-corrected chi connectivity index (χ0v) is 9.79. The Bertz CT molecular complexity index is 294. The van der Waals surface area contributed by atoms with Gasteiger partial charge in [-0.25, -0.2) is 4.99 Å². The van der Waals surface area contributed by atoms with Gasteiger partial charge in [0.2, 0.25) is 0 Å². The molecule has 1 fully saturated rings. The van der Waals surface area contributed by atoms with Crippen LogP contribution in [0.3, 0.4) is 0 Å². The lowest BCUT2D eigenvalue weighted by Gasteiger charge is -2.20. The van der Waals surface area contributed by atoms with E-state index in [1.54, 1.807) is 7.05 Å². The van der Waals surface area contributed by atoms with Gasteiger partial charge in [-0.15, -0.1) is 6.42 Å². The zero-order valence-electron chi connectivity index (χ0n) is 9.79. The Morgan fingerprint density at radius 3 is 2.60 bits per heavy atom. The molecular weight excluding hydrogens is 184 g/mol. The molecule has 1 aliphatic rings. The first-order valence-corrected chi connectivity index (χ1v) is 5.74. The molecule has 0 N–H and O–H groups in total. The molecule has 2 nitrogen and oxygen atoms in total. The average Bonchev–Trinajstić information content (AvgIpc) is 2.29. The van der Waals surface area contributed by atoms with Gasteiger partial charge in [0.25, 0.3) is 0 Å². The van der Waals surface area contributed by atoms with Gasteiger partial charge in [0.15, 0.2) is 0 Å². The molecule has 0 aromatic carbocycles. The molecule has 1 aliphatic carbocycles. The first-order chi connectivity index (χ1) is 7.26. The van der Waals surface area contributed by atoms with Crippen molar-refractivity contribution in [2.45, 2.75) is 45.4 Å². The van der Waals surface area contributed by atoms with E-state index in [1.807, 2.05) is 6.92 Å². The maximum Gasteiger partial charge on any atom is 0.124 e. The highest BCUT2D eigenvalue weighted by Gasteiger charge is 2.15. The van der Waals surface area contributed by atoms with Crippen LogP contribution in [0.1, 0.15) is 46.9 Å². The summed E-state index contributed by atoms with van der Waals surface area (Å²) < 4.78 is 0. The molecule has 0 heterocycles. The second kappa shape index (κ2) is 6.40. The van der Waals surface area contributed by atoms with E-state index < -0.39 is 0 Å². The van der Waals surface area contributed by atoms with E-state index in [9.17, 15) is 0 Å². The van der Waals surface area contributed by atoms with Crippen LogP contribution in [0.15, 0.2) is 9.98 Å². The molecule has 0 bridgehead atoms. The molecular formula is C13H22N2. The zero-order chi connectivity index (χ0) is 11.1. The van der Waals surface area contributed by atoms with Gasteiger partial charge in [0.05, 0.1) is 5.71 Å². The summed E-state index contributed by atoms with van der Waals surface area (Å²) in [5.41, 5.74) is 0.728. The smallest absolute Gasteiger partial charge is 0.124 e. The van der Waals surface area contributed by atoms with E-state index in [0.29, 0.717) is 0 Å². The first-order valence-electron chi connectivity index (χ1n) is 5.74. The molecule has 0 aliphatic heterocycles. The highest BCUT2D eigenvalue weighted by molar-refractivity contribution is 6.05. The third-order valence-corrected chi connectivity index (χ3v) is 2.96. The summed E-state index contributed by atoms with van der Waals surface area (Å²) in [7, 11) is 1.80. The van der Waals surface area contributed by atoms with E-state index >= 15 is 0 Å². The van der Waals surface area contributed by atoms with Crippen molar-refractivity contribution < 1.29 is 1.43 Å². The fourth-order valence-corrected chi connectivity index (χ4v) is 2.06. The Labute approximate surface area is 94.4 Å². The Morgan fingerprint density at radius 2 is 2.07 bits per heavy atom. The molecule has 1 rings (SSSR count). The van der Waals surface area contributed by atoms with Crippen LogP contribution in [-0.4, -0.2) is 18.6 Å². The topological polar surface area (TPSA) is 24.7 Å². The van der Waals surface area contributed by atoms with Gasteiger partial charge in [-0.2, -0.15) is 0 Å². The van der Waals surface area contributed by atoms with E-state index in [4.69, 9.17) is 6.42 Å². The van der Waals surface area contributed by atoms with Crippen molar-refractivity contribution in [3.63, 3.8) is 0 Å². The number of hydrogen-bond acceptors (Lipinski definition) is 1. The van der Waals surface area contributed by atoms with Gasteiger partial charge < -0.3 is 0 Å². The Kier molecular flexibility index (Phi) is 5.10. The minimum absolute atomic E-state index is 0. The maximum atomic E-state index is 5.27. The lowest BCUT2D eigenvalue weighted by molar-refractivity contribution is 0.367. The SMILES string of the molecule is C#CC(C)=NC(CC1CCCCC1)=NC.[HH]. The minimum Gasteiger partial charge on any atom is -0.274 e. The Balaban J connectivity index is 0.00000225. The second-order valence-corrected chi connectivity index (χ2v) is 4.19. The summed E-state index contributed by atoms with van der Waals surface area (Å²) in [6.45, 7) is 1.85. The van der Waals surface area contributed by atoms with Crippen molar-refractivity contribution in [1.82, 2.24) is 0 Å². The van der Waals surface area contributed by atoms with Crippen molar-refractivity contribution in [3.8, 4) is 12.3 Å². The molecule has 0 saturated heterocycles. The van der Waals surface area contributed by atoms with Crippen LogP contribution in [0, 0.1) is 18.3 Å². The van der Waals surface area contributed by atoms with Crippen molar-refractivity contribution in [1.29, 1.82) is 0 Å². The van der Waals surface area contributed by atoms with E-state index in [-0.39, 0.29) is 1.43 Å². The third kappa shape index (κ3) is 4.29. The van der Waals surface area contributed by atoms with Crippen LogP contribution in [0.5, 0.6) is 0 Å². The van der Waals surface area contributed by atoms with Crippen LogP contribution in [-0.2, 0) is 0 Å². The quantitative estimate of drug-likeness (QED) is 0.376. The molecule has 0 unspecified atom stereocenters. The van der Waals surface area contributed by atoms with Crippen LogP contribution >= 0.6 is 0 Å². The number of amidine groups is 1. The van der Waals surface area contributed by atoms with Gasteiger partial charge in [0.1, 0.15) is 5.84 Å². The molecule has 0 amide bonds. The molecule has 0 atom stereocenters. The summed E-state index contributed by atoms with van der Waals surface area (Å²) in [4.78, 5) is 8.54. The number of aliphatic imine (C=N–C) groups is 2. The number of hydrogen-bond donors (Lipinski definition) is 0. The second-order valence-electron chi connectivity index (χ2n) is 4.19. The fraction of sp³-hybridized carbons (Fsp3) is 0.692. The van der Waals surface area contributed by atoms with Gasteiger partial charge >= 0.3 is 0 Å². The fourth-order valence-electron chi connectivity index (χ4n) is 2.06. The molecule has 1 saturated carbocycles. The Hall–Kier alpha value is -1.10. The Morgan fingerprint density at radius 1 is 1.40 bits per heavy atom. The van der Waals surface area contributed by atoms with Crippen LogP contribution in [0.2, 0.25) is 0 Å². The van der Waals surface area contributed by atoms with Gasteiger partial charge in [-0.1, -0.05) is 38.0 Å². The van der Waals surface area contributed by atoms with Gasteiger partial charge in [-0.3, -0.25) is 4.99 Å². The lowest BCUT2D eigenvalue weighted by Crippen LogP contribution is -2.11. The van der Waals surface area contributed by atoms with Crippen LogP contribution < -0.4 is 0 Å². The van der Waals surface area contributed by atoms with Gasteiger partial charge in [0, 0.05) is 14.9 Å². The van der Waals surface area contributed by atoms with Crippen molar-refractivity contribution >= 4 is 11.5 Å². The highest BCUT2D eigenvalue weighted by Crippen LogP contribution is 2.26. The molecule has 0 aromatic rings. The van der Waals surface area contributed by atoms with Crippen molar-refractivity contribution in [3.05, 3.63) is 0 Å². The summed E-state index contributed by atoms with van der Waals surface area (Å²) >= 11 is 0. The predicted octanol–water partition coefficient (Wildman–Crippen LogP) is 3.33. The van der Waals surface area contributed by atoms with Crippen LogP contribution in [0.4, 0.5) is 0 Å². The van der Waals surface area contributed by atoms with E-state index in [0.717, 1.165) is 23.9 Å². The molecule has 15 heavy (non-hydrogen) atoms. The van der Waals surface area contributed by atoms with Crippen molar-refractivity contribution in [2.24, 2.45) is 15.9 Å². The molecule has 2 heteroatoms. The molecule has 84 valence electrons. The molecule has 0 aromatic heterocycles. The normalized spacial score (nSPS) is 20.1. The number of rotatable bonds is 2. The maximum absolute atomic E-state index is 5.27. The minimum atomic E-state index is 0. The summed E-state index contributed by atoms with van der Waals surface area (Å²) in [6, 6.07) is 0. The largest absolute Gasteiger partial charge is 0.274 e. The number of terminal acetylenes is 1. The predicted molar refractivity (Wildman–Crippen MR) is 68.6 cm³/mol. The van der Waals surface area contributed by atoms with Crippen LogP contribution in [0.25, 0.3) is 0 Å². The summed E-state index contributed by atoms with van der Waals surface area (Å²) in [5, 5.41) is 0. The molecule has 0 spiro atoms. The van der Waals surface area contributed by atoms with Crippen molar-refractivity contribution in [2.75, 3.05) is 7.05 Å². The van der Waals surface area contributed by atoms with Gasteiger partial charge in [-0.05, 0) is 12.8 Å². The first kappa shape index (κ1) is 12.0. The van der Waals surface area contributed by atoms with E-state index in [1.165, 1.54) is 32.1 Å². The molecule has 0 radical (unpaired) electrons. The summed E-state index contributed by atoms with van der Waals surface area (Å²) in [5.74, 6) is 4.22.